The third kappa shape index (κ3) is 4.40. The minimum atomic E-state index is -1.36. The van der Waals surface area contributed by atoms with Gasteiger partial charge in [-0.3, -0.25) is 4.79 Å². The molecule has 160 valence electrons. The number of aromatic hydroxyl groups is 1. The fourth-order valence-corrected chi connectivity index (χ4v) is 3.22. The Hall–Kier alpha value is -4.13. The molecule has 0 unspecified atom stereocenters. The number of nitrogen functional groups attached to an aromatic ring is 1. The molecule has 10 nitrogen and oxygen atoms in total. The van der Waals surface area contributed by atoms with Gasteiger partial charge in [0.15, 0.2) is 5.78 Å². The van der Waals surface area contributed by atoms with Crippen molar-refractivity contribution in [1.29, 1.82) is 5.26 Å². The van der Waals surface area contributed by atoms with E-state index in [1.54, 1.807) is 12.1 Å². The van der Waals surface area contributed by atoms with E-state index in [9.17, 15) is 25.1 Å². The maximum Gasteiger partial charge on any atom is 0.340 e. The van der Waals surface area contributed by atoms with Crippen molar-refractivity contribution in [2.45, 2.75) is 39.2 Å². The third-order valence-electron chi connectivity index (χ3n) is 4.80. The molecule has 4 N–H and O–H groups in total. The molecule has 3 aromatic rings. The number of carbonyl (C=O) groups excluding carboxylic acids is 1. The van der Waals surface area contributed by atoms with Crippen LogP contribution in [-0.4, -0.2) is 36.7 Å². The lowest BCUT2D eigenvalue weighted by Gasteiger charge is -2.06. The van der Waals surface area contributed by atoms with Crippen LogP contribution in [0.1, 0.15) is 58.5 Å². The Labute approximate surface area is 177 Å². The van der Waals surface area contributed by atoms with Crippen molar-refractivity contribution >= 4 is 17.6 Å². The first-order valence-electron chi connectivity index (χ1n) is 9.67. The molecule has 0 saturated carbocycles. The van der Waals surface area contributed by atoms with Crippen molar-refractivity contribution in [1.82, 2.24) is 14.7 Å². The Kier molecular flexibility index (Phi) is 6.35. The molecular formula is C21H21N5O5. The van der Waals surface area contributed by atoms with Crippen LogP contribution in [0.3, 0.4) is 0 Å². The minimum absolute atomic E-state index is 0.0522. The fraction of sp³-hybridized carbons (Fsp3) is 0.286. The van der Waals surface area contributed by atoms with Crippen molar-refractivity contribution in [2.24, 2.45) is 0 Å². The molecule has 0 fully saturated rings. The Morgan fingerprint density at radius 2 is 1.97 bits per heavy atom. The van der Waals surface area contributed by atoms with Gasteiger partial charge < -0.3 is 25.0 Å². The van der Waals surface area contributed by atoms with Gasteiger partial charge in [-0.05, 0) is 30.7 Å². The predicted octanol–water partition coefficient (Wildman–Crippen LogP) is 3.01. The summed E-state index contributed by atoms with van der Waals surface area (Å²) in [4.78, 5) is 28.8. The monoisotopic (exact) mass is 423 g/mol. The number of Topliss-reactive ketones (excluding diaryl/α,β-unsaturated/α-hetero) is 1. The highest BCUT2D eigenvalue weighted by Crippen LogP contribution is 2.28. The molecule has 31 heavy (non-hydrogen) atoms. The van der Waals surface area contributed by atoms with E-state index >= 15 is 0 Å². The Bertz CT molecular complexity index is 1150. The summed E-state index contributed by atoms with van der Waals surface area (Å²) < 4.78 is 6.55. The number of aromatic carboxylic acids is 1. The van der Waals surface area contributed by atoms with E-state index in [0.717, 1.165) is 6.42 Å². The summed E-state index contributed by atoms with van der Waals surface area (Å²) >= 11 is 0. The van der Waals surface area contributed by atoms with Crippen LogP contribution in [0.2, 0.25) is 0 Å². The van der Waals surface area contributed by atoms with Gasteiger partial charge in [0, 0.05) is 24.9 Å². The molecule has 0 aliphatic carbocycles. The number of rotatable bonds is 9. The number of aromatic nitrogens is 3. The predicted molar refractivity (Wildman–Crippen MR) is 109 cm³/mol. The summed E-state index contributed by atoms with van der Waals surface area (Å²) in [5.74, 6) is -1.43. The van der Waals surface area contributed by atoms with E-state index < -0.39 is 11.8 Å². The Morgan fingerprint density at radius 3 is 2.58 bits per heavy atom. The standard InChI is InChI=1S/C21H21N5O5/c1-2-3-10-26-14(11-22)17(18(19(26)23)21(29)30)15(28)8-9-16-24-20(25-31-16)12-4-6-13(27)7-5-12/h4-7,27H,2-3,8-10,23H2,1H3,(H,29,30). The number of anilines is 1. The molecule has 0 bridgehead atoms. The van der Waals surface area contributed by atoms with Crippen LogP contribution in [0.25, 0.3) is 11.4 Å². The summed E-state index contributed by atoms with van der Waals surface area (Å²) in [6, 6.07) is 8.14. The number of nitriles is 1. The number of nitrogens with zero attached hydrogens (tertiary/aromatic N) is 4. The summed E-state index contributed by atoms with van der Waals surface area (Å²) in [5.41, 5.74) is 5.99. The number of carbonyl (C=O) groups is 2. The first-order chi connectivity index (χ1) is 14.9. The van der Waals surface area contributed by atoms with Crippen LogP contribution in [0, 0.1) is 11.3 Å². The lowest BCUT2D eigenvalue weighted by atomic mass is 10.0. The smallest absolute Gasteiger partial charge is 0.340 e. The molecule has 0 atom stereocenters. The zero-order valence-corrected chi connectivity index (χ0v) is 16.8. The zero-order valence-electron chi connectivity index (χ0n) is 16.8. The van der Waals surface area contributed by atoms with E-state index in [0.29, 0.717) is 24.4 Å². The van der Waals surface area contributed by atoms with Gasteiger partial charge in [-0.25, -0.2) is 4.79 Å². The molecule has 1 aromatic carbocycles. The van der Waals surface area contributed by atoms with Crippen LogP contribution in [0.15, 0.2) is 28.8 Å². The maximum atomic E-state index is 12.9. The highest BCUT2D eigenvalue weighted by atomic mass is 16.5. The van der Waals surface area contributed by atoms with E-state index in [-0.39, 0.29) is 47.1 Å². The highest BCUT2D eigenvalue weighted by molar-refractivity contribution is 6.10. The van der Waals surface area contributed by atoms with Crippen LogP contribution in [0.4, 0.5) is 5.82 Å². The average Bonchev–Trinajstić information content (AvgIpc) is 3.33. The molecule has 0 spiro atoms. The van der Waals surface area contributed by atoms with E-state index in [4.69, 9.17) is 10.3 Å². The second kappa shape index (κ2) is 9.13. The molecule has 2 aromatic heterocycles. The molecule has 0 aliphatic heterocycles. The van der Waals surface area contributed by atoms with Gasteiger partial charge in [0.05, 0.1) is 5.56 Å². The van der Waals surface area contributed by atoms with E-state index in [1.165, 1.54) is 16.7 Å². The number of ketones is 1. The summed E-state index contributed by atoms with van der Waals surface area (Å²) in [5, 5.41) is 32.4. The van der Waals surface area contributed by atoms with Crippen molar-refractivity contribution in [3.8, 4) is 23.2 Å². The van der Waals surface area contributed by atoms with Gasteiger partial charge in [0.1, 0.15) is 28.9 Å². The average molecular weight is 423 g/mol. The van der Waals surface area contributed by atoms with Crippen LogP contribution < -0.4 is 5.73 Å². The van der Waals surface area contributed by atoms with Crippen molar-refractivity contribution < 1.29 is 24.3 Å². The second-order valence-corrected chi connectivity index (χ2v) is 6.89. The van der Waals surface area contributed by atoms with Gasteiger partial charge in [-0.1, -0.05) is 18.5 Å². The van der Waals surface area contributed by atoms with Crippen LogP contribution in [0.5, 0.6) is 5.75 Å². The number of phenolic OH excluding ortho intramolecular Hbond substituents is 1. The molecular weight excluding hydrogens is 402 g/mol. The highest BCUT2D eigenvalue weighted by Gasteiger charge is 2.30. The van der Waals surface area contributed by atoms with E-state index in [1.807, 2.05) is 13.0 Å². The molecule has 0 saturated heterocycles. The number of phenols is 1. The van der Waals surface area contributed by atoms with Crippen molar-refractivity contribution in [3.05, 3.63) is 47.0 Å². The number of nitrogens with two attached hydrogens (primary N) is 1. The molecule has 10 heteroatoms. The lowest BCUT2D eigenvalue weighted by Crippen LogP contribution is -2.10. The normalized spacial score (nSPS) is 10.7. The van der Waals surface area contributed by atoms with E-state index in [2.05, 4.69) is 10.1 Å². The van der Waals surface area contributed by atoms with Gasteiger partial charge >= 0.3 is 5.97 Å². The minimum Gasteiger partial charge on any atom is -0.508 e. The zero-order chi connectivity index (χ0) is 22.5. The number of carboxylic acids is 1. The first kappa shape index (κ1) is 21.6. The van der Waals surface area contributed by atoms with Gasteiger partial charge in [-0.15, -0.1) is 0 Å². The number of unbranched alkanes of at least 4 members (excludes halogenated alkanes) is 1. The second-order valence-electron chi connectivity index (χ2n) is 6.89. The number of hydrogen-bond donors (Lipinski definition) is 3. The van der Waals surface area contributed by atoms with Gasteiger partial charge in [0.25, 0.3) is 0 Å². The van der Waals surface area contributed by atoms with Gasteiger partial charge in [0.2, 0.25) is 11.7 Å². The largest absolute Gasteiger partial charge is 0.508 e. The molecule has 3 rings (SSSR count). The van der Waals surface area contributed by atoms with Crippen molar-refractivity contribution in [2.75, 3.05) is 5.73 Å². The fourth-order valence-electron chi connectivity index (χ4n) is 3.22. The quantitative estimate of drug-likeness (QED) is 0.438. The maximum absolute atomic E-state index is 12.9. The Balaban J connectivity index is 1.83. The number of aryl methyl sites for hydroxylation is 1. The molecule has 0 amide bonds. The third-order valence-corrected chi connectivity index (χ3v) is 4.80. The number of hydrogen-bond acceptors (Lipinski definition) is 8. The SMILES string of the molecule is CCCCn1c(N)c(C(=O)O)c(C(=O)CCc2nc(-c3ccc(O)cc3)no2)c1C#N. The molecule has 0 radical (unpaired) electrons. The molecule has 0 aliphatic rings. The summed E-state index contributed by atoms with van der Waals surface area (Å²) in [6.45, 7) is 2.30. The lowest BCUT2D eigenvalue weighted by molar-refractivity contribution is 0.0693. The Morgan fingerprint density at radius 1 is 1.26 bits per heavy atom. The van der Waals surface area contributed by atoms with Crippen molar-refractivity contribution in [3.63, 3.8) is 0 Å². The summed E-state index contributed by atoms with van der Waals surface area (Å²) in [7, 11) is 0. The van der Waals surface area contributed by atoms with Crippen LogP contribution >= 0.6 is 0 Å². The molecule has 2 heterocycles. The first-order valence-corrected chi connectivity index (χ1v) is 9.67. The summed E-state index contributed by atoms with van der Waals surface area (Å²) in [6.07, 6.45) is 1.42. The number of benzene rings is 1. The topological polar surface area (TPSA) is 168 Å². The van der Waals surface area contributed by atoms with Crippen LogP contribution in [-0.2, 0) is 13.0 Å². The van der Waals surface area contributed by atoms with Gasteiger partial charge in [-0.2, -0.15) is 10.2 Å². The number of carboxylic acid groups (broad SMARTS) is 1.